The molecule has 0 unspecified atom stereocenters. The lowest BCUT2D eigenvalue weighted by molar-refractivity contribution is 0.397. The monoisotopic (exact) mass is 291 g/mol. The first-order valence-corrected chi connectivity index (χ1v) is 7.52. The number of aliphatic imine (C=N–C) groups is 1. The molecule has 0 spiro atoms. The van der Waals surface area contributed by atoms with E-state index in [4.69, 9.17) is 4.74 Å². The number of ether oxygens (including phenoxy) is 1. The lowest BCUT2D eigenvalue weighted by atomic mass is 10.2. The van der Waals surface area contributed by atoms with Crippen molar-refractivity contribution in [3.63, 3.8) is 0 Å². The van der Waals surface area contributed by atoms with E-state index in [1.165, 1.54) is 12.0 Å². The van der Waals surface area contributed by atoms with Crippen LogP contribution >= 0.6 is 11.8 Å². The maximum absolute atomic E-state index is 5.08. The molecule has 3 heterocycles. The Kier molecular flexibility index (Phi) is 4.05. The number of aromatic nitrogens is 2. The van der Waals surface area contributed by atoms with Crippen LogP contribution in [0, 0.1) is 0 Å². The Labute approximate surface area is 122 Å². The third-order valence-corrected chi connectivity index (χ3v) is 4.15. The van der Waals surface area contributed by atoms with Crippen molar-refractivity contribution in [2.45, 2.75) is 12.8 Å². The van der Waals surface area contributed by atoms with Crippen LogP contribution in [-0.2, 0) is 0 Å². The zero-order chi connectivity index (χ0) is 13.8. The summed E-state index contributed by atoms with van der Waals surface area (Å²) < 4.78 is 5.08. The van der Waals surface area contributed by atoms with Gasteiger partial charge in [0.2, 0.25) is 5.88 Å². The van der Waals surface area contributed by atoms with Crippen LogP contribution in [0.1, 0.15) is 12.8 Å². The zero-order valence-electron chi connectivity index (χ0n) is 11.4. The lowest BCUT2D eigenvalue weighted by Crippen LogP contribution is -2.30. The maximum Gasteiger partial charge on any atom is 0.218 e. The zero-order valence-corrected chi connectivity index (χ0v) is 12.2. The highest BCUT2D eigenvalue weighted by atomic mass is 32.2. The van der Waals surface area contributed by atoms with Gasteiger partial charge in [0.1, 0.15) is 12.1 Å². The highest BCUT2D eigenvalue weighted by Gasteiger charge is 2.24. The first-order chi connectivity index (χ1) is 9.86. The largest absolute Gasteiger partial charge is 0.481 e. The number of methoxy groups -OCH3 is 1. The second-order valence-corrected chi connectivity index (χ2v) is 5.36. The number of anilines is 1. The molecule has 3 rings (SSSR count). The third kappa shape index (κ3) is 2.87. The molecule has 0 saturated heterocycles. The van der Waals surface area contributed by atoms with Gasteiger partial charge in [0, 0.05) is 37.8 Å². The summed E-state index contributed by atoms with van der Waals surface area (Å²) in [6.45, 7) is 2.87. The number of fused-ring (bicyclic) bond motifs is 1. The molecule has 6 nitrogen and oxygen atoms in total. The minimum Gasteiger partial charge on any atom is -0.481 e. The number of hydrogen-bond donors (Lipinski definition) is 1. The number of amidine groups is 1. The van der Waals surface area contributed by atoms with Crippen LogP contribution in [-0.4, -0.2) is 46.8 Å². The van der Waals surface area contributed by atoms with Gasteiger partial charge in [0.25, 0.3) is 0 Å². The summed E-state index contributed by atoms with van der Waals surface area (Å²) in [5.74, 6) is 1.36. The Morgan fingerprint density at radius 1 is 1.45 bits per heavy atom. The van der Waals surface area contributed by atoms with E-state index < -0.39 is 0 Å². The van der Waals surface area contributed by atoms with Crippen molar-refractivity contribution in [2.24, 2.45) is 4.99 Å². The van der Waals surface area contributed by atoms with Crippen LogP contribution in [0.4, 0.5) is 5.82 Å². The molecule has 0 bridgehead atoms. The molecule has 1 aromatic rings. The van der Waals surface area contributed by atoms with Crippen molar-refractivity contribution in [1.29, 1.82) is 0 Å². The smallest absolute Gasteiger partial charge is 0.218 e. The van der Waals surface area contributed by atoms with Crippen molar-refractivity contribution < 1.29 is 4.74 Å². The Balaban J connectivity index is 1.53. The molecular weight excluding hydrogens is 274 g/mol. The predicted octanol–water partition coefficient (Wildman–Crippen LogP) is 1.94. The molecule has 0 fully saturated rings. The molecule has 7 heteroatoms. The minimum absolute atomic E-state index is 0.573. The van der Waals surface area contributed by atoms with E-state index in [1.807, 2.05) is 0 Å². The second-order valence-electron chi connectivity index (χ2n) is 4.52. The van der Waals surface area contributed by atoms with Gasteiger partial charge in [-0.25, -0.2) is 9.97 Å². The van der Waals surface area contributed by atoms with Crippen LogP contribution in [0.3, 0.4) is 0 Å². The SMILES string of the molecule is COc1cc(NCCC2=CSC3=NCCCN23)ncn1. The van der Waals surface area contributed by atoms with Crippen LogP contribution < -0.4 is 10.1 Å². The topological polar surface area (TPSA) is 62.6 Å². The molecule has 0 aliphatic carbocycles. The van der Waals surface area contributed by atoms with Crippen LogP contribution in [0.25, 0.3) is 0 Å². The predicted molar refractivity (Wildman–Crippen MR) is 81.0 cm³/mol. The van der Waals surface area contributed by atoms with Gasteiger partial charge in [0.15, 0.2) is 5.17 Å². The fourth-order valence-electron chi connectivity index (χ4n) is 2.20. The normalized spacial score (nSPS) is 17.4. The average Bonchev–Trinajstić information content (AvgIpc) is 2.91. The molecule has 0 aromatic carbocycles. The number of nitrogens with one attached hydrogen (secondary N) is 1. The van der Waals surface area contributed by atoms with Crippen molar-refractivity contribution in [2.75, 3.05) is 32.1 Å². The Morgan fingerprint density at radius 2 is 2.40 bits per heavy atom. The Hall–Kier alpha value is -1.76. The molecule has 20 heavy (non-hydrogen) atoms. The number of thioether (sulfide) groups is 1. The van der Waals surface area contributed by atoms with Crippen molar-refractivity contribution in [1.82, 2.24) is 14.9 Å². The Bertz CT molecular complexity index is 545. The summed E-state index contributed by atoms with van der Waals surface area (Å²) in [5, 5.41) is 6.64. The van der Waals surface area contributed by atoms with E-state index in [0.717, 1.165) is 43.5 Å². The first-order valence-electron chi connectivity index (χ1n) is 6.64. The fraction of sp³-hybridized carbons (Fsp3) is 0.462. The van der Waals surface area contributed by atoms with Crippen molar-refractivity contribution in [3.8, 4) is 5.88 Å². The van der Waals surface area contributed by atoms with Crippen LogP contribution in [0.15, 0.2) is 28.5 Å². The molecule has 0 saturated carbocycles. The molecule has 1 N–H and O–H groups in total. The van der Waals surface area contributed by atoms with Gasteiger partial charge in [-0.3, -0.25) is 4.99 Å². The van der Waals surface area contributed by atoms with E-state index in [2.05, 4.69) is 30.6 Å². The molecule has 1 aromatic heterocycles. The number of rotatable bonds is 5. The summed E-state index contributed by atoms with van der Waals surface area (Å²) in [6.07, 6.45) is 3.59. The van der Waals surface area contributed by atoms with Crippen molar-refractivity contribution in [3.05, 3.63) is 23.5 Å². The quantitative estimate of drug-likeness (QED) is 0.894. The summed E-state index contributed by atoms with van der Waals surface area (Å²) in [5.41, 5.74) is 1.34. The lowest BCUT2D eigenvalue weighted by Gasteiger charge is -2.25. The Morgan fingerprint density at radius 3 is 3.30 bits per heavy atom. The fourth-order valence-corrected chi connectivity index (χ4v) is 3.18. The maximum atomic E-state index is 5.08. The summed E-state index contributed by atoms with van der Waals surface area (Å²) in [4.78, 5) is 15.0. The number of nitrogens with zero attached hydrogens (tertiary/aromatic N) is 4. The summed E-state index contributed by atoms with van der Waals surface area (Å²) in [7, 11) is 1.60. The van der Waals surface area contributed by atoms with E-state index in [-0.39, 0.29) is 0 Å². The summed E-state index contributed by atoms with van der Waals surface area (Å²) in [6, 6.07) is 1.80. The van der Waals surface area contributed by atoms with E-state index >= 15 is 0 Å². The minimum atomic E-state index is 0.573. The molecule has 106 valence electrons. The number of hydrogen-bond acceptors (Lipinski definition) is 7. The van der Waals surface area contributed by atoms with Crippen LogP contribution in [0.2, 0.25) is 0 Å². The molecule has 0 amide bonds. The average molecular weight is 291 g/mol. The van der Waals surface area contributed by atoms with E-state index in [9.17, 15) is 0 Å². The highest BCUT2D eigenvalue weighted by Crippen LogP contribution is 2.30. The van der Waals surface area contributed by atoms with Gasteiger partial charge in [-0.1, -0.05) is 11.8 Å². The third-order valence-electron chi connectivity index (χ3n) is 3.20. The highest BCUT2D eigenvalue weighted by molar-refractivity contribution is 8.16. The molecular formula is C13H17N5OS. The van der Waals surface area contributed by atoms with E-state index in [1.54, 1.807) is 24.9 Å². The molecule has 2 aliphatic rings. The molecule has 0 radical (unpaired) electrons. The van der Waals surface area contributed by atoms with Gasteiger partial charge in [-0.2, -0.15) is 0 Å². The van der Waals surface area contributed by atoms with Gasteiger partial charge >= 0.3 is 0 Å². The molecule has 2 aliphatic heterocycles. The van der Waals surface area contributed by atoms with Crippen LogP contribution in [0.5, 0.6) is 5.88 Å². The molecule has 0 atom stereocenters. The first kappa shape index (κ1) is 13.2. The standard InChI is InChI=1S/C13H17N5OS/c1-19-12-7-11(16-9-17-12)14-5-3-10-8-20-13-15-4-2-6-18(10)13/h7-9H,2-6H2,1H3,(H,14,16,17). The summed E-state index contributed by atoms with van der Waals surface area (Å²) >= 11 is 1.73. The van der Waals surface area contributed by atoms with Gasteiger partial charge in [0.05, 0.1) is 7.11 Å². The van der Waals surface area contributed by atoms with Crippen molar-refractivity contribution >= 4 is 22.7 Å². The van der Waals surface area contributed by atoms with Gasteiger partial charge < -0.3 is 15.0 Å². The second kappa shape index (κ2) is 6.13. The van der Waals surface area contributed by atoms with Gasteiger partial charge in [-0.05, 0) is 11.8 Å². The van der Waals surface area contributed by atoms with E-state index in [0.29, 0.717) is 5.88 Å². The van der Waals surface area contributed by atoms with Gasteiger partial charge in [-0.15, -0.1) is 0 Å².